The summed E-state index contributed by atoms with van der Waals surface area (Å²) in [5.74, 6) is -12.2. The molecule has 2 atom stereocenters. The van der Waals surface area contributed by atoms with Crippen molar-refractivity contribution >= 4 is 46.4 Å². The molecule has 1 aliphatic rings. The van der Waals surface area contributed by atoms with Gasteiger partial charge in [-0.25, -0.2) is 0 Å². The molecule has 0 aliphatic carbocycles. The Morgan fingerprint density at radius 2 is 0.800 bits per heavy atom. The topological polar surface area (TPSA) is 18.5 Å². The van der Waals surface area contributed by atoms with E-state index in [1.807, 2.05) is 0 Å². The van der Waals surface area contributed by atoms with Crippen molar-refractivity contribution in [1.29, 1.82) is 0 Å². The third-order valence-corrected chi connectivity index (χ3v) is 3.78. The van der Waals surface area contributed by atoms with Crippen molar-refractivity contribution in [2.45, 2.75) is 33.1 Å². The molecule has 14 heteroatoms. The molecule has 0 radical (unpaired) electrons. The van der Waals surface area contributed by atoms with Gasteiger partial charge in [0.05, 0.1) is 0 Å². The maximum atomic E-state index is 13.6. The number of hydrogen-bond donors (Lipinski definition) is 0. The van der Waals surface area contributed by atoms with Gasteiger partial charge >= 0.3 is 24.1 Å². The standard InChI is InChI=1S/C6Cl4F8O2/c7-3(8)4(9,10)20-2(12,6(16,17)18)1(11,19-3)5(13,14)15. The van der Waals surface area contributed by atoms with E-state index in [9.17, 15) is 35.1 Å². The Labute approximate surface area is 124 Å². The van der Waals surface area contributed by atoms with Gasteiger partial charge in [-0.3, -0.25) is 9.47 Å². The lowest BCUT2D eigenvalue weighted by Gasteiger charge is -2.50. The predicted octanol–water partition coefficient (Wildman–Crippen LogP) is 4.75. The molecule has 1 heterocycles. The normalized spacial score (nSPS) is 37.8. The third-order valence-electron chi connectivity index (χ3n) is 2.02. The van der Waals surface area contributed by atoms with Gasteiger partial charge in [-0.15, -0.1) is 0 Å². The van der Waals surface area contributed by atoms with Crippen LogP contribution in [0.5, 0.6) is 0 Å². The Balaban J connectivity index is 3.55. The van der Waals surface area contributed by atoms with E-state index in [1.165, 1.54) is 0 Å². The van der Waals surface area contributed by atoms with Gasteiger partial charge in [0.2, 0.25) is 0 Å². The Kier molecular flexibility index (Phi) is 4.19. The fourth-order valence-corrected chi connectivity index (χ4v) is 1.66. The van der Waals surface area contributed by atoms with Crippen LogP contribution in [0.4, 0.5) is 35.1 Å². The van der Waals surface area contributed by atoms with Crippen molar-refractivity contribution in [1.82, 2.24) is 0 Å². The highest BCUT2D eigenvalue weighted by Crippen LogP contribution is 2.64. The minimum atomic E-state index is -6.57. The van der Waals surface area contributed by atoms with Crippen LogP contribution < -0.4 is 0 Å². The van der Waals surface area contributed by atoms with Crippen LogP contribution in [0.15, 0.2) is 0 Å². The summed E-state index contributed by atoms with van der Waals surface area (Å²) in [6.45, 7) is 0. The molecule has 0 aromatic heterocycles. The van der Waals surface area contributed by atoms with Crippen LogP contribution in [0.25, 0.3) is 0 Å². The summed E-state index contributed by atoms with van der Waals surface area (Å²) < 4.78 is 101. The van der Waals surface area contributed by atoms with E-state index in [-0.39, 0.29) is 0 Å². The monoisotopic (exact) mass is 396 g/mol. The quantitative estimate of drug-likeness (QED) is 0.433. The van der Waals surface area contributed by atoms with Crippen LogP contribution in [-0.2, 0) is 9.47 Å². The number of ether oxygens (including phenoxy) is 2. The van der Waals surface area contributed by atoms with Gasteiger partial charge in [-0.1, -0.05) is 46.4 Å². The van der Waals surface area contributed by atoms with E-state index in [1.54, 1.807) is 0 Å². The average molecular weight is 398 g/mol. The second-order valence-corrected chi connectivity index (χ2v) is 5.94. The average Bonchev–Trinajstić information content (AvgIpc) is 2.09. The van der Waals surface area contributed by atoms with Gasteiger partial charge in [0.25, 0.3) is 9.04 Å². The van der Waals surface area contributed by atoms with Crippen LogP contribution in [0, 0.1) is 0 Å². The van der Waals surface area contributed by atoms with E-state index in [0.717, 1.165) is 0 Å². The second kappa shape index (κ2) is 4.51. The van der Waals surface area contributed by atoms with Gasteiger partial charge in [0.1, 0.15) is 0 Å². The summed E-state index contributed by atoms with van der Waals surface area (Å²) in [6, 6.07) is 0. The lowest BCUT2D eigenvalue weighted by Crippen LogP contribution is -2.75. The molecule has 0 bridgehead atoms. The van der Waals surface area contributed by atoms with Crippen LogP contribution in [-0.4, -0.2) is 33.1 Å². The molecule has 20 heavy (non-hydrogen) atoms. The molecule has 1 aliphatic heterocycles. The van der Waals surface area contributed by atoms with E-state index in [4.69, 9.17) is 46.4 Å². The van der Waals surface area contributed by atoms with Crippen molar-refractivity contribution in [2.24, 2.45) is 0 Å². The Bertz CT molecular complexity index is 371. The molecule has 1 rings (SSSR count). The summed E-state index contributed by atoms with van der Waals surface area (Å²) in [5, 5.41) is 0. The number of halogens is 12. The lowest BCUT2D eigenvalue weighted by atomic mass is 10.1. The zero-order valence-electron chi connectivity index (χ0n) is 8.35. The zero-order valence-corrected chi connectivity index (χ0v) is 11.4. The van der Waals surface area contributed by atoms with E-state index < -0.39 is 33.1 Å². The molecule has 0 amide bonds. The molecular weight excluding hydrogens is 398 g/mol. The van der Waals surface area contributed by atoms with E-state index in [2.05, 4.69) is 9.47 Å². The van der Waals surface area contributed by atoms with Crippen molar-refractivity contribution < 1.29 is 44.6 Å². The number of alkyl halides is 12. The minimum Gasteiger partial charge on any atom is -0.292 e. The van der Waals surface area contributed by atoms with Crippen molar-refractivity contribution in [2.75, 3.05) is 0 Å². The van der Waals surface area contributed by atoms with Crippen molar-refractivity contribution in [3.05, 3.63) is 0 Å². The van der Waals surface area contributed by atoms with Crippen LogP contribution in [0.1, 0.15) is 0 Å². The maximum Gasteiger partial charge on any atom is 0.455 e. The van der Waals surface area contributed by atoms with Gasteiger partial charge in [-0.05, 0) is 0 Å². The smallest absolute Gasteiger partial charge is 0.292 e. The Morgan fingerprint density at radius 1 is 0.600 bits per heavy atom. The Morgan fingerprint density at radius 3 is 0.950 bits per heavy atom. The first-order valence-corrected chi connectivity index (χ1v) is 5.60. The first-order chi connectivity index (χ1) is 8.41. The molecule has 2 nitrogen and oxygen atoms in total. The molecule has 1 saturated heterocycles. The van der Waals surface area contributed by atoms with Crippen molar-refractivity contribution in [3.63, 3.8) is 0 Å². The highest BCUT2D eigenvalue weighted by molar-refractivity contribution is 6.61. The SMILES string of the molecule is FC(F)(F)C1(F)OC(Cl)(Cl)C(Cl)(Cl)OC1(F)C(F)(F)F. The molecule has 0 N–H and O–H groups in total. The molecule has 120 valence electrons. The van der Waals surface area contributed by atoms with Gasteiger partial charge in [-0.2, -0.15) is 35.1 Å². The summed E-state index contributed by atoms with van der Waals surface area (Å²) in [4.78, 5) is 0. The maximum absolute atomic E-state index is 13.6. The van der Waals surface area contributed by atoms with Crippen LogP contribution in [0.2, 0.25) is 0 Å². The van der Waals surface area contributed by atoms with E-state index >= 15 is 0 Å². The lowest BCUT2D eigenvalue weighted by molar-refractivity contribution is -0.516. The summed E-state index contributed by atoms with van der Waals surface area (Å²) in [6.07, 6.45) is -13.1. The van der Waals surface area contributed by atoms with E-state index in [0.29, 0.717) is 0 Å². The zero-order chi connectivity index (χ0) is 16.4. The highest BCUT2D eigenvalue weighted by atomic mass is 35.5. The number of hydrogen-bond acceptors (Lipinski definition) is 2. The molecule has 1 fully saturated rings. The third kappa shape index (κ3) is 2.41. The molecule has 0 aromatic rings. The summed E-state index contributed by atoms with van der Waals surface area (Å²) >= 11 is 19.6. The predicted molar refractivity (Wildman–Crippen MR) is 50.8 cm³/mol. The second-order valence-electron chi connectivity index (χ2n) is 3.42. The van der Waals surface area contributed by atoms with Crippen LogP contribution >= 0.6 is 46.4 Å². The molecule has 2 unspecified atom stereocenters. The molecular formula is C6Cl4F8O2. The first kappa shape index (κ1) is 18.6. The largest absolute Gasteiger partial charge is 0.455 e. The first-order valence-electron chi connectivity index (χ1n) is 4.08. The Hall–Kier alpha value is 0.520. The highest BCUT2D eigenvalue weighted by Gasteiger charge is 2.89. The summed E-state index contributed by atoms with van der Waals surface area (Å²) in [5.41, 5.74) is 0. The molecule has 0 saturated carbocycles. The van der Waals surface area contributed by atoms with Gasteiger partial charge in [0, 0.05) is 0 Å². The molecule has 0 aromatic carbocycles. The fourth-order valence-electron chi connectivity index (χ4n) is 1.08. The van der Waals surface area contributed by atoms with Crippen LogP contribution in [0.3, 0.4) is 0 Å². The van der Waals surface area contributed by atoms with Crippen molar-refractivity contribution in [3.8, 4) is 0 Å². The van der Waals surface area contributed by atoms with Gasteiger partial charge in [0.15, 0.2) is 0 Å². The summed E-state index contributed by atoms with van der Waals surface area (Å²) in [7, 11) is 0. The fraction of sp³-hybridized carbons (Fsp3) is 1.00. The molecule has 0 spiro atoms. The van der Waals surface area contributed by atoms with Gasteiger partial charge < -0.3 is 0 Å². The number of rotatable bonds is 0. The minimum absolute atomic E-state index is 3.14.